The van der Waals surface area contributed by atoms with Crippen LogP contribution < -0.4 is 20.5 Å². The van der Waals surface area contributed by atoms with Gasteiger partial charge in [0.2, 0.25) is 0 Å². The molecule has 0 fully saturated rings. The highest BCUT2D eigenvalue weighted by Crippen LogP contribution is 2.27. The van der Waals surface area contributed by atoms with Crippen LogP contribution in [0.15, 0.2) is 45.6 Å². The molecule has 1 heterocycles. The highest BCUT2D eigenvalue weighted by atomic mass is 16.5. The van der Waals surface area contributed by atoms with E-state index < -0.39 is 5.76 Å². The van der Waals surface area contributed by atoms with Crippen LogP contribution in [0.25, 0.3) is 11.1 Å². The lowest BCUT2D eigenvalue weighted by atomic mass is 10.1. The van der Waals surface area contributed by atoms with Gasteiger partial charge in [-0.25, -0.2) is 4.79 Å². The number of hydrogen-bond acceptors (Lipinski definition) is 5. The van der Waals surface area contributed by atoms with Gasteiger partial charge >= 0.3 is 5.76 Å². The van der Waals surface area contributed by atoms with Gasteiger partial charge in [0, 0.05) is 12.1 Å². The molecule has 0 bridgehead atoms. The van der Waals surface area contributed by atoms with Crippen LogP contribution in [0.2, 0.25) is 0 Å². The first kappa shape index (κ1) is 15.7. The van der Waals surface area contributed by atoms with Crippen molar-refractivity contribution in [2.45, 2.75) is 6.54 Å². The van der Waals surface area contributed by atoms with Gasteiger partial charge in [0.15, 0.2) is 17.1 Å². The molecule has 0 saturated carbocycles. The summed E-state index contributed by atoms with van der Waals surface area (Å²) >= 11 is 0. The second kappa shape index (κ2) is 6.49. The van der Waals surface area contributed by atoms with Crippen LogP contribution in [0.3, 0.4) is 0 Å². The summed E-state index contributed by atoms with van der Waals surface area (Å²) in [5, 5.41) is 2.81. The quantitative estimate of drug-likeness (QED) is 0.748. The van der Waals surface area contributed by atoms with Crippen molar-refractivity contribution >= 4 is 17.0 Å². The lowest BCUT2D eigenvalue weighted by Crippen LogP contribution is -2.22. The molecule has 0 aliphatic rings. The van der Waals surface area contributed by atoms with E-state index in [9.17, 15) is 9.59 Å². The molecule has 1 aromatic heterocycles. The number of aromatic amines is 1. The molecule has 0 saturated heterocycles. The maximum atomic E-state index is 12.3. The Morgan fingerprint density at radius 3 is 2.67 bits per heavy atom. The molecule has 0 aliphatic heterocycles. The SMILES string of the molecule is COc1ccc(C(=O)NCc2ccc3[nH]c(=O)oc3c2)cc1OC. The van der Waals surface area contributed by atoms with Crippen molar-refractivity contribution in [2.75, 3.05) is 14.2 Å². The van der Waals surface area contributed by atoms with Gasteiger partial charge in [-0.15, -0.1) is 0 Å². The van der Waals surface area contributed by atoms with E-state index in [1.807, 2.05) is 6.07 Å². The Morgan fingerprint density at radius 2 is 1.92 bits per heavy atom. The van der Waals surface area contributed by atoms with Crippen molar-refractivity contribution in [1.29, 1.82) is 0 Å². The molecule has 0 atom stereocenters. The molecule has 0 spiro atoms. The zero-order valence-corrected chi connectivity index (χ0v) is 13.2. The Labute approximate surface area is 137 Å². The van der Waals surface area contributed by atoms with E-state index >= 15 is 0 Å². The van der Waals surface area contributed by atoms with Crippen LogP contribution in [-0.4, -0.2) is 25.1 Å². The molecule has 3 aromatic rings. The van der Waals surface area contributed by atoms with Gasteiger partial charge in [0.25, 0.3) is 5.91 Å². The van der Waals surface area contributed by atoms with E-state index in [2.05, 4.69) is 10.3 Å². The number of carbonyl (C=O) groups excluding carboxylic acids is 1. The topological polar surface area (TPSA) is 93.6 Å². The number of hydrogen-bond donors (Lipinski definition) is 2. The number of oxazole rings is 1. The Hall–Kier alpha value is -3.22. The molecule has 2 aromatic carbocycles. The standard InChI is InChI=1S/C17H16N2O5/c1-22-13-6-4-11(8-15(13)23-2)16(20)18-9-10-3-5-12-14(7-10)24-17(21)19-12/h3-8H,9H2,1-2H3,(H,18,20)(H,19,21). The average Bonchev–Trinajstić information content (AvgIpc) is 2.98. The third kappa shape index (κ3) is 3.10. The molecule has 1 amide bonds. The van der Waals surface area contributed by atoms with Gasteiger partial charge in [-0.3, -0.25) is 9.78 Å². The minimum Gasteiger partial charge on any atom is -0.493 e. The summed E-state index contributed by atoms with van der Waals surface area (Å²) in [5.74, 6) is 0.297. The summed E-state index contributed by atoms with van der Waals surface area (Å²) in [6, 6.07) is 10.2. The van der Waals surface area contributed by atoms with Gasteiger partial charge in [-0.1, -0.05) is 6.07 Å². The lowest BCUT2D eigenvalue weighted by molar-refractivity contribution is 0.0950. The molecule has 0 unspecified atom stereocenters. The van der Waals surface area contributed by atoms with Crippen LogP contribution in [0, 0.1) is 0 Å². The van der Waals surface area contributed by atoms with Gasteiger partial charge in [0.1, 0.15) is 0 Å². The van der Waals surface area contributed by atoms with E-state index in [1.54, 1.807) is 30.3 Å². The number of benzene rings is 2. The molecule has 2 N–H and O–H groups in total. The Kier molecular flexibility index (Phi) is 4.24. The molecule has 124 valence electrons. The minimum atomic E-state index is -0.503. The number of H-pyrrole nitrogens is 1. The predicted octanol–water partition coefficient (Wildman–Crippen LogP) is 2.07. The lowest BCUT2D eigenvalue weighted by Gasteiger charge is -2.10. The molecule has 0 aliphatic carbocycles. The van der Waals surface area contributed by atoms with Crippen molar-refractivity contribution in [3.8, 4) is 11.5 Å². The number of ether oxygens (including phenoxy) is 2. The first-order valence-electron chi connectivity index (χ1n) is 7.22. The minimum absolute atomic E-state index is 0.244. The fourth-order valence-corrected chi connectivity index (χ4v) is 2.36. The van der Waals surface area contributed by atoms with Crippen molar-refractivity contribution in [2.24, 2.45) is 0 Å². The summed E-state index contributed by atoms with van der Waals surface area (Å²) in [5.41, 5.74) is 2.36. The Morgan fingerprint density at radius 1 is 1.12 bits per heavy atom. The molecule has 3 rings (SSSR count). The first-order chi connectivity index (χ1) is 11.6. The number of methoxy groups -OCH3 is 2. The van der Waals surface area contributed by atoms with Crippen LogP contribution in [0.1, 0.15) is 15.9 Å². The normalized spacial score (nSPS) is 10.6. The summed E-state index contributed by atoms with van der Waals surface area (Å²) in [6.07, 6.45) is 0. The largest absolute Gasteiger partial charge is 0.493 e. The molecular formula is C17H16N2O5. The van der Waals surface area contributed by atoms with E-state index in [4.69, 9.17) is 13.9 Å². The van der Waals surface area contributed by atoms with Crippen molar-refractivity contribution < 1.29 is 18.7 Å². The highest BCUT2D eigenvalue weighted by molar-refractivity contribution is 5.94. The maximum Gasteiger partial charge on any atom is 0.417 e. The monoisotopic (exact) mass is 328 g/mol. The maximum absolute atomic E-state index is 12.3. The van der Waals surface area contributed by atoms with Crippen molar-refractivity contribution in [1.82, 2.24) is 10.3 Å². The fraction of sp³-hybridized carbons (Fsp3) is 0.176. The average molecular weight is 328 g/mol. The number of rotatable bonds is 5. The first-order valence-corrected chi connectivity index (χ1v) is 7.22. The van der Waals surface area contributed by atoms with Crippen LogP contribution in [-0.2, 0) is 6.54 Å². The third-order valence-electron chi connectivity index (χ3n) is 3.58. The van der Waals surface area contributed by atoms with Crippen LogP contribution >= 0.6 is 0 Å². The summed E-state index contributed by atoms with van der Waals surface area (Å²) in [7, 11) is 3.05. The molecule has 0 radical (unpaired) electrons. The van der Waals surface area contributed by atoms with E-state index in [1.165, 1.54) is 14.2 Å². The second-order valence-electron chi connectivity index (χ2n) is 5.10. The summed E-state index contributed by atoms with van der Waals surface area (Å²) in [6.45, 7) is 0.304. The molecule has 24 heavy (non-hydrogen) atoms. The van der Waals surface area contributed by atoms with Gasteiger partial charge < -0.3 is 19.2 Å². The summed E-state index contributed by atoms with van der Waals surface area (Å²) < 4.78 is 15.3. The zero-order valence-electron chi connectivity index (χ0n) is 13.2. The van der Waals surface area contributed by atoms with Crippen molar-refractivity contribution in [3.63, 3.8) is 0 Å². The number of nitrogens with one attached hydrogen (secondary N) is 2. The third-order valence-corrected chi connectivity index (χ3v) is 3.58. The Bertz CT molecular complexity index is 942. The van der Waals surface area contributed by atoms with Gasteiger partial charge in [0.05, 0.1) is 19.7 Å². The second-order valence-corrected chi connectivity index (χ2v) is 5.10. The van der Waals surface area contributed by atoms with E-state index in [-0.39, 0.29) is 5.91 Å². The number of aromatic nitrogens is 1. The molecule has 7 nitrogen and oxygen atoms in total. The zero-order chi connectivity index (χ0) is 17.1. The smallest absolute Gasteiger partial charge is 0.417 e. The van der Waals surface area contributed by atoms with Gasteiger partial charge in [-0.2, -0.15) is 0 Å². The summed E-state index contributed by atoms with van der Waals surface area (Å²) in [4.78, 5) is 26.0. The Balaban J connectivity index is 1.73. The van der Waals surface area contributed by atoms with Crippen molar-refractivity contribution in [3.05, 3.63) is 58.1 Å². The van der Waals surface area contributed by atoms with Gasteiger partial charge in [-0.05, 0) is 35.9 Å². The number of amides is 1. The van der Waals surface area contributed by atoms with Crippen LogP contribution in [0.4, 0.5) is 0 Å². The van der Waals surface area contributed by atoms with E-state index in [0.29, 0.717) is 34.7 Å². The van der Waals surface area contributed by atoms with Crippen LogP contribution in [0.5, 0.6) is 11.5 Å². The fourth-order valence-electron chi connectivity index (χ4n) is 2.36. The highest BCUT2D eigenvalue weighted by Gasteiger charge is 2.11. The predicted molar refractivity (Wildman–Crippen MR) is 87.6 cm³/mol. The number of fused-ring (bicyclic) bond motifs is 1. The van der Waals surface area contributed by atoms with E-state index in [0.717, 1.165) is 5.56 Å². The molecule has 7 heteroatoms. The number of carbonyl (C=O) groups is 1. The molecular weight excluding hydrogens is 312 g/mol.